The van der Waals surface area contributed by atoms with Gasteiger partial charge in [-0.1, -0.05) is 25.8 Å². The van der Waals surface area contributed by atoms with E-state index in [9.17, 15) is 20.0 Å². The van der Waals surface area contributed by atoms with Gasteiger partial charge in [-0.3, -0.25) is 10.1 Å². The van der Waals surface area contributed by atoms with Crippen LogP contribution in [0.5, 0.6) is 0 Å². The predicted octanol–water partition coefficient (Wildman–Crippen LogP) is 3.68. The molecule has 114 valence electrons. The van der Waals surface area contributed by atoms with Crippen LogP contribution in [-0.4, -0.2) is 22.5 Å². The highest BCUT2D eigenvalue weighted by atomic mass is 16.6. The van der Waals surface area contributed by atoms with E-state index in [4.69, 9.17) is 0 Å². The highest BCUT2D eigenvalue weighted by molar-refractivity contribution is 5.96. The lowest BCUT2D eigenvalue weighted by Crippen LogP contribution is -2.26. The van der Waals surface area contributed by atoms with Gasteiger partial charge >= 0.3 is 5.97 Å². The molecule has 6 heteroatoms. The summed E-state index contributed by atoms with van der Waals surface area (Å²) < 4.78 is 0. The van der Waals surface area contributed by atoms with E-state index in [0.717, 1.165) is 32.1 Å². The lowest BCUT2D eigenvalue weighted by molar-refractivity contribution is -0.384. The lowest BCUT2D eigenvalue weighted by Gasteiger charge is -2.28. The second-order valence-corrected chi connectivity index (χ2v) is 5.68. The number of nitrogens with zero attached hydrogens (tertiary/aromatic N) is 1. The van der Waals surface area contributed by atoms with Crippen LogP contribution in [0.4, 0.5) is 11.4 Å². The molecular formula is C15H20N2O4. The van der Waals surface area contributed by atoms with E-state index >= 15 is 0 Å². The number of aromatic carboxylic acids is 1. The fraction of sp³-hybridized carbons (Fsp3) is 0.533. The Morgan fingerprint density at radius 3 is 2.62 bits per heavy atom. The van der Waals surface area contributed by atoms with Gasteiger partial charge in [0.2, 0.25) is 0 Å². The highest BCUT2D eigenvalue weighted by Crippen LogP contribution is 2.41. The molecule has 0 aliphatic heterocycles. The van der Waals surface area contributed by atoms with Gasteiger partial charge in [0, 0.05) is 12.6 Å². The molecule has 0 unspecified atom stereocenters. The van der Waals surface area contributed by atoms with Gasteiger partial charge in [-0.25, -0.2) is 4.79 Å². The summed E-state index contributed by atoms with van der Waals surface area (Å²) in [6.45, 7) is 2.69. The summed E-state index contributed by atoms with van der Waals surface area (Å²) >= 11 is 0. The molecule has 0 radical (unpaired) electrons. The smallest absolute Gasteiger partial charge is 0.338 e. The molecule has 0 atom stereocenters. The van der Waals surface area contributed by atoms with E-state index in [1.807, 2.05) is 0 Å². The van der Waals surface area contributed by atoms with Crippen LogP contribution in [-0.2, 0) is 0 Å². The monoisotopic (exact) mass is 292 g/mol. The zero-order valence-electron chi connectivity index (χ0n) is 12.1. The van der Waals surface area contributed by atoms with Gasteiger partial charge in [0.1, 0.15) is 5.69 Å². The Hall–Kier alpha value is -2.11. The van der Waals surface area contributed by atoms with Crippen molar-refractivity contribution in [3.8, 4) is 0 Å². The first-order valence-electron chi connectivity index (χ1n) is 7.24. The largest absolute Gasteiger partial charge is 0.478 e. The standard InChI is InChI=1S/C15H20N2O4/c1-2-15(8-3-4-9-15)10-16-13-11(14(18)19)6-5-7-12(13)17(20)21/h5-7,16H,2-4,8-10H2,1H3,(H,18,19). The Morgan fingerprint density at radius 1 is 1.43 bits per heavy atom. The van der Waals surface area contributed by atoms with Crippen LogP contribution in [0.25, 0.3) is 0 Å². The Labute approximate surface area is 123 Å². The highest BCUT2D eigenvalue weighted by Gasteiger charge is 2.33. The van der Waals surface area contributed by atoms with Crippen LogP contribution in [0.15, 0.2) is 18.2 Å². The molecule has 1 aromatic carbocycles. The molecule has 1 aliphatic rings. The number of nitro groups is 1. The minimum absolute atomic E-state index is 0.0477. The van der Waals surface area contributed by atoms with E-state index in [0.29, 0.717) is 6.54 Å². The normalized spacial score (nSPS) is 16.6. The second kappa shape index (κ2) is 6.11. The summed E-state index contributed by atoms with van der Waals surface area (Å²) in [6.07, 6.45) is 5.48. The fourth-order valence-corrected chi connectivity index (χ4v) is 3.11. The minimum Gasteiger partial charge on any atom is -0.478 e. The third kappa shape index (κ3) is 3.15. The Balaban J connectivity index is 2.29. The molecule has 2 rings (SSSR count). The van der Waals surface area contributed by atoms with Gasteiger partial charge in [-0.05, 0) is 30.7 Å². The van der Waals surface area contributed by atoms with Gasteiger partial charge in [0.05, 0.1) is 10.5 Å². The lowest BCUT2D eigenvalue weighted by atomic mass is 9.83. The molecule has 6 nitrogen and oxygen atoms in total. The van der Waals surface area contributed by atoms with Crippen LogP contribution in [0.1, 0.15) is 49.4 Å². The van der Waals surface area contributed by atoms with E-state index in [1.165, 1.54) is 18.2 Å². The quantitative estimate of drug-likeness (QED) is 0.616. The number of para-hydroxylation sites is 1. The minimum atomic E-state index is -1.15. The Kier molecular flexibility index (Phi) is 4.45. The first-order valence-corrected chi connectivity index (χ1v) is 7.24. The third-order valence-corrected chi connectivity index (χ3v) is 4.52. The van der Waals surface area contributed by atoms with Crippen LogP contribution in [0.3, 0.4) is 0 Å². The maximum atomic E-state index is 11.3. The van der Waals surface area contributed by atoms with Crippen LogP contribution in [0, 0.1) is 15.5 Å². The number of carbonyl (C=O) groups is 1. The second-order valence-electron chi connectivity index (χ2n) is 5.68. The number of anilines is 1. The van der Waals surface area contributed by atoms with Crippen molar-refractivity contribution in [2.75, 3.05) is 11.9 Å². The summed E-state index contributed by atoms with van der Waals surface area (Å²) in [5.74, 6) is -1.15. The molecule has 1 saturated carbocycles. The number of hydrogen-bond donors (Lipinski definition) is 2. The molecule has 1 aromatic rings. The Morgan fingerprint density at radius 2 is 2.10 bits per heavy atom. The van der Waals surface area contributed by atoms with Crippen molar-refractivity contribution in [3.05, 3.63) is 33.9 Å². The average Bonchev–Trinajstić information content (AvgIpc) is 2.94. The van der Waals surface area contributed by atoms with Gasteiger partial charge < -0.3 is 10.4 Å². The van der Waals surface area contributed by atoms with Crippen LogP contribution < -0.4 is 5.32 Å². The maximum absolute atomic E-state index is 11.3. The first kappa shape index (κ1) is 15.3. The van der Waals surface area contributed by atoms with Gasteiger partial charge in [-0.15, -0.1) is 0 Å². The number of rotatable bonds is 6. The molecule has 1 fully saturated rings. The molecule has 21 heavy (non-hydrogen) atoms. The van der Waals surface area contributed by atoms with Crippen molar-refractivity contribution in [2.45, 2.75) is 39.0 Å². The van der Waals surface area contributed by atoms with Crippen LogP contribution in [0.2, 0.25) is 0 Å². The topological polar surface area (TPSA) is 92.5 Å². The van der Waals surface area contributed by atoms with E-state index in [2.05, 4.69) is 12.2 Å². The number of nitro benzene ring substituents is 1. The van der Waals surface area contributed by atoms with Crippen molar-refractivity contribution < 1.29 is 14.8 Å². The average molecular weight is 292 g/mol. The third-order valence-electron chi connectivity index (χ3n) is 4.52. The summed E-state index contributed by atoms with van der Waals surface area (Å²) in [4.78, 5) is 21.9. The van der Waals surface area contributed by atoms with Gasteiger partial charge in [-0.2, -0.15) is 0 Å². The molecule has 2 N–H and O–H groups in total. The molecule has 0 saturated heterocycles. The molecule has 0 spiro atoms. The zero-order valence-corrected chi connectivity index (χ0v) is 12.1. The van der Waals surface area contributed by atoms with E-state index in [-0.39, 0.29) is 22.4 Å². The SMILES string of the molecule is CCC1(CNc2c(C(=O)O)cccc2[N+](=O)[O-])CCCC1. The fourth-order valence-electron chi connectivity index (χ4n) is 3.11. The van der Waals surface area contributed by atoms with Crippen molar-refractivity contribution in [1.29, 1.82) is 0 Å². The van der Waals surface area contributed by atoms with Crippen molar-refractivity contribution in [2.24, 2.45) is 5.41 Å². The number of carboxylic acids is 1. The number of hydrogen-bond acceptors (Lipinski definition) is 4. The van der Waals surface area contributed by atoms with Crippen molar-refractivity contribution >= 4 is 17.3 Å². The van der Waals surface area contributed by atoms with Crippen LogP contribution >= 0.6 is 0 Å². The number of nitrogens with one attached hydrogen (secondary N) is 1. The predicted molar refractivity (Wildman–Crippen MR) is 79.7 cm³/mol. The first-order chi connectivity index (χ1) is 9.99. The molecular weight excluding hydrogens is 272 g/mol. The molecule has 0 heterocycles. The summed E-state index contributed by atoms with van der Waals surface area (Å²) in [5, 5.41) is 23.4. The molecule has 0 aromatic heterocycles. The number of carboxylic acid groups (broad SMARTS) is 1. The van der Waals surface area contributed by atoms with Gasteiger partial charge in [0.25, 0.3) is 5.69 Å². The summed E-state index contributed by atoms with van der Waals surface area (Å²) in [6, 6.07) is 4.13. The zero-order chi connectivity index (χ0) is 15.5. The number of benzene rings is 1. The van der Waals surface area contributed by atoms with Crippen molar-refractivity contribution in [3.63, 3.8) is 0 Å². The van der Waals surface area contributed by atoms with Gasteiger partial charge in [0.15, 0.2) is 0 Å². The maximum Gasteiger partial charge on any atom is 0.338 e. The molecule has 1 aliphatic carbocycles. The van der Waals surface area contributed by atoms with E-state index in [1.54, 1.807) is 0 Å². The van der Waals surface area contributed by atoms with Crippen molar-refractivity contribution in [1.82, 2.24) is 0 Å². The Bertz CT molecular complexity index is 518. The molecule has 0 bridgehead atoms. The molecule has 0 amide bonds. The van der Waals surface area contributed by atoms with E-state index < -0.39 is 10.9 Å². The summed E-state index contributed by atoms with van der Waals surface area (Å²) in [5.41, 5.74) is 0.0155. The summed E-state index contributed by atoms with van der Waals surface area (Å²) in [7, 11) is 0.